The number of halogens is 1. The Morgan fingerprint density at radius 1 is 1.05 bits per heavy atom. The lowest BCUT2D eigenvalue weighted by atomic mass is 10.1. The molecular weight excluding hydrogens is 362 g/mol. The Kier molecular flexibility index (Phi) is 5.80. The molecule has 0 unspecified atom stereocenters. The number of hydrogen-bond donors (Lipinski definition) is 1. The first-order valence-electron chi connectivity index (χ1n) is 6.89. The second kappa shape index (κ2) is 7.61. The summed E-state index contributed by atoms with van der Waals surface area (Å²) in [6.07, 6.45) is 0. The van der Waals surface area contributed by atoms with E-state index in [0.29, 0.717) is 24.0 Å². The van der Waals surface area contributed by atoms with Crippen LogP contribution >= 0.6 is 28.1 Å². The molecule has 0 atom stereocenters. The summed E-state index contributed by atoms with van der Waals surface area (Å²) in [5.74, 6) is 1.54. The van der Waals surface area contributed by atoms with Crippen molar-refractivity contribution >= 4 is 33.1 Å². The zero-order chi connectivity index (χ0) is 16.1. The minimum Gasteiger partial charge on any atom is -0.490 e. The van der Waals surface area contributed by atoms with Crippen LogP contribution in [-0.4, -0.2) is 18.2 Å². The van der Waals surface area contributed by atoms with Crippen molar-refractivity contribution in [3.8, 4) is 11.5 Å². The second-order valence-corrected chi connectivity index (χ2v) is 6.33. The van der Waals surface area contributed by atoms with Crippen LogP contribution < -0.4 is 15.2 Å². The number of hydrogen-bond acceptors (Lipinski definition) is 3. The SMILES string of the molecule is Cc1ccc(OCCOc2ccc(Br)cc2C(N)=S)c(C)c1. The molecule has 116 valence electrons. The third kappa shape index (κ3) is 4.45. The van der Waals surface area contributed by atoms with Gasteiger partial charge in [0.2, 0.25) is 0 Å². The van der Waals surface area contributed by atoms with Crippen LogP contribution in [0.25, 0.3) is 0 Å². The quantitative estimate of drug-likeness (QED) is 0.604. The highest BCUT2D eigenvalue weighted by atomic mass is 79.9. The van der Waals surface area contributed by atoms with Crippen LogP contribution in [0.4, 0.5) is 0 Å². The molecule has 2 aromatic carbocycles. The van der Waals surface area contributed by atoms with Gasteiger partial charge in [-0.05, 0) is 43.7 Å². The van der Waals surface area contributed by atoms with Crippen LogP contribution in [0, 0.1) is 13.8 Å². The molecular formula is C17H18BrNO2S. The summed E-state index contributed by atoms with van der Waals surface area (Å²) in [4.78, 5) is 0.312. The normalized spacial score (nSPS) is 10.3. The highest BCUT2D eigenvalue weighted by Gasteiger charge is 2.07. The Morgan fingerprint density at radius 3 is 2.32 bits per heavy atom. The molecule has 2 rings (SSSR count). The number of thiocarbonyl (C=S) groups is 1. The molecule has 22 heavy (non-hydrogen) atoms. The van der Waals surface area contributed by atoms with E-state index < -0.39 is 0 Å². The van der Waals surface area contributed by atoms with Gasteiger partial charge in [-0.1, -0.05) is 45.8 Å². The Bertz CT molecular complexity index is 688. The van der Waals surface area contributed by atoms with Crippen LogP contribution in [0.5, 0.6) is 11.5 Å². The minimum atomic E-state index is 0.312. The molecule has 0 bridgehead atoms. The van der Waals surface area contributed by atoms with E-state index in [1.165, 1.54) is 5.56 Å². The van der Waals surface area contributed by atoms with Crippen LogP contribution in [0.2, 0.25) is 0 Å². The maximum Gasteiger partial charge on any atom is 0.129 e. The van der Waals surface area contributed by atoms with E-state index in [-0.39, 0.29) is 0 Å². The fourth-order valence-corrected chi connectivity index (χ4v) is 2.61. The van der Waals surface area contributed by atoms with Crippen molar-refractivity contribution in [1.82, 2.24) is 0 Å². The summed E-state index contributed by atoms with van der Waals surface area (Å²) >= 11 is 8.43. The molecule has 0 aliphatic heterocycles. The molecule has 0 saturated carbocycles. The fourth-order valence-electron chi connectivity index (χ4n) is 2.09. The van der Waals surface area contributed by atoms with Crippen LogP contribution in [0.15, 0.2) is 40.9 Å². The second-order valence-electron chi connectivity index (χ2n) is 4.97. The molecule has 0 aromatic heterocycles. The van der Waals surface area contributed by atoms with Crippen LogP contribution in [0.1, 0.15) is 16.7 Å². The minimum absolute atomic E-state index is 0.312. The Labute approximate surface area is 144 Å². The Balaban J connectivity index is 1.93. The van der Waals surface area contributed by atoms with E-state index in [2.05, 4.69) is 28.9 Å². The first-order chi connectivity index (χ1) is 10.5. The maximum absolute atomic E-state index is 5.74. The van der Waals surface area contributed by atoms with E-state index in [4.69, 9.17) is 27.4 Å². The smallest absolute Gasteiger partial charge is 0.129 e. The van der Waals surface area contributed by atoms with E-state index in [1.807, 2.05) is 37.3 Å². The summed E-state index contributed by atoms with van der Waals surface area (Å²) in [6.45, 7) is 4.97. The van der Waals surface area contributed by atoms with Crippen molar-refractivity contribution in [2.45, 2.75) is 13.8 Å². The van der Waals surface area contributed by atoms with Crippen molar-refractivity contribution in [2.24, 2.45) is 5.73 Å². The number of rotatable bonds is 6. The van der Waals surface area contributed by atoms with Gasteiger partial charge in [-0.3, -0.25) is 0 Å². The number of benzene rings is 2. The van der Waals surface area contributed by atoms with Gasteiger partial charge in [-0.2, -0.15) is 0 Å². The van der Waals surface area contributed by atoms with Crippen molar-refractivity contribution in [1.29, 1.82) is 0 Å². The highest BCUT2D eigenvalue weighted by molar-refractivity contribution is 9.10. The van der Waals surface area contributed by atoms with Gasteiger partial charge in [0, 0.05) is 4.47 Å². The van der Waals surface area contributed by atoms with Gasteiger partial charge < -0.3 is 15.2 Å². The van der Waals surface area contributed by atoms with Gasteiger partial charge in [0.25, 0.3) is 0 Å². The van der Waals surface area contributed by atoms with E-state index in [0.717, 1.165) is 21.3 Å². The average molecular weight is 380 g/mol. The van der Waals surface area contributed by atoms with Crippen molar-refractivity contribution in [3.63, 3.8) is 0 Å². The molecule has 0 saturated heterocycles. The van der Waals surface area contributed by atoms with Crippen molar-refractivity contribution < 1.29 is 9.47 Å². The average Bonchev–Trinajstić information content (AvgIpc) is 2.46. The molecule has 0 spiro atoms. The first-order valence-corrected chi connectivity index (χ1v) is 8.09. The monoisotopic (exact) mass is 379 g/mol. The highest BCUT2D eigenvalue weighted by Crippen LogP contribution is 2.23. The fraction of sp³-hybridized carbons (Fsp3) is 0.235. The van der Waals surface area contributed by atoms with Gasteiger partial charge in [0.05, 0.1) is 5.56 Å². The van der Waals surface area contributed by atoms with E-state index >= 15 is 0 Å². The van der Waals surface area contributed by atoms with Crippen LogP contribution in [-0.2, 0) is 0 Å². The van der Waals surface area contributed by atoms with Crippen molar-refractivity contribution in [2.75, 3.05) is 13.2 Å². The molecule has 5 heteroatoms. The Hall–Kier alpha value is -1.59. The molecule has 2 aromatic rings. The van der Waals surface area contributed by atoms with Gasteiger partial charge in [-0.25, -0.2) is 0 Å². The molecule has 0 amide bonds. The molecule has 0 aliphatic carbocycles. The number of nitrogens with two attached hydrogens (primary N) is 1. The molecule has 3 nitrogen and oxygen atoms in total. The van der Waals surface area contributed by atoms with Gasteiger partial charge in [-0.15, -0.1) is 0 Å². The molecule has 0 radical (unpaired) electrons. The third-order valence-electron chi connectivity index (χ3n) is 3.14. The molecule has 2 N–H and O–H groups in total. The summed E-state index contributed by atoms with van der Waals surface area (Å²) in [5.41, 5.74) is 8.77. The lowest BCUT2D eigenvalue weighted by Crippen LogP contribution is -2.14. The van der Waals surface area contributed by atoms with Gasteiger partial charge in [0.15, 0.2) is 0 Å². The first kappa shape index (κ1) is 16.8. The zero-order valence-corrected chi connectivity index (χ0v) is 15.0. The zero-order valence-electron chi connectivity index (χ0n) is 12.6. The largest absolute Gasteiger partial charge is 0.490 e. The van der Waals surface area contributed by atoms with Crippen molar-refractivity contribution in [3.05, 3.63) is 57.6 Å². The Morgan fingerprint density at radius 2 is 1.68 bits per heavy atom. The molecule has 0 aliphatic rings. The third-order valence-corrected chi connectivity index (χ3v) is 3.85. The standard InChI is InChI=1S/C17H18BrNO2S/c1-11-3-5-15(12(2)9-11)20-7-8-21-16-6-4-13(18)10-14(16)17(19)22/h3-6,9-10H,7-8H2,1-2H3,(H2,19,22). The topological polar surface area (TPSA) is 44.5 Å². The van der Waals surface area contributed by atoms with E-state index in [9.17, 15) is 0 Å². The predicted molar refractivity (Wildman–Crippen MR) is 96.9 cm³/mol. The van der Waals surface area contributed by atoms with Gasteiger partial charge in [0.1, 0.15) is 29.7 Å². The molecule has 0 heterocycles. The summed E-state index contributed by atoms with van der Waals surface area (Å²) in [7, 11) is 0. The predicted octanol–water partition coefficient (Wildman–Crippen LogP) is 4.16. The summed E-state index contributed by atoms with van der Waals surface area (Å²) < 4.78 is 12.4. The van der Waals surface area contributed by atoms with Crippen LogP contribution in [0.3, 0.4) is 0 Å². The van der Waals surface area contributed by atoms with E-state index in [1.54, 1.807) is 0 Å². The lowest BCUT2D eigenvalue weighted by Gasteiger charge is -2.13. The number of ether oxygens (including phenoxy) is 2. The molecule has 0 fully saturated rings. The summed E-state index contributed by atoms with van der Waals surface area (Å²) in [6, 6.07) is 11.7. The van der Waals surface area contributed by atoms with Gasteiger partial charge >= 0.3 is 0 Å². The summed E-state index contributed by atoms with van der Waals surface area (Å²) in [5, 5.41) is 0. The lowest BCUT2D eigenvalue weighted by molar-refractivity contribution is 0.216. The maximum atomic E-state index is 5.74. The number of aryl methyl sites for hydroxylation is 2.